The predicted molar refractivity (Wildman–Crippen MR) is 75.0 cm³/mol. The molecule has 3 rings (SSSR count). The van der Waals surface area contributed by atoms with Gasteiger partial charge in [0.1, 0.15) is 0 Å². The van der Waals surface area contributed by atoms with E-state index in [1.54, 1.807) is 5.57 Å². The van der Waals surface area contributed by atoms with Gasteiger partial charge in [-0.05, 0) is 37.4 Å². The van der Waals surface area contributed by atoms with Crippen LogP contribution in [-0.2, 0) is 0 Å². The van der Waals surface area contributed by atoms with Gasteiger partial charge in [0, 0.05) is 12.6 Å². The molecule has 1 aliphatic carbocycles. The molecule has 1 aromatic rings. The van der Waals surface area contributed by atoms with Gasteiger partial charge in [-0.1, -0.05) is 49.8 Å². The smallest absolute Gasteiger partial charge is 0.0287 e. The highest BCUT2D eigenvalue weighted by Crippen LogP contribution is 2.41. The third kappa shape index (κ3) is 2.30. The van der Waals surface area contributed by atoms with E-state index < -0.39 is 0 Å². The Morgan fingerprint density at radius 3 is 2.53 bits per heavy atom. The van der Waals surface area contributed by atoms with Gasteiger partial charge in [0.15, 0.2) is 0 Å². The van der Waals surface area contributed by atoms with Crippen LogP contribution in [0.25, 0.3) is 5.57 Å². The number of hydrogen-bond donors (Lipinski definition) is 0. The van der Waals surface area contributed by atoms with Crippen molar-refractivity contribution in [3.05, 3.63) is 41.5 Å². The first-order valence-corrected chi connectivity index (χ1v) is 6.73. The summed E-state index contributed by atoms with van der Waals surface area (Å²) in [5.74, 6) is 0.779. The Bertz CT molecular complexity index is 419. The second-order valence-corrected chi connectivity index (χ2v) is 4.93. The standard InChI is InChI=1S/C14H17N.C2H6/c1-10-4-3-5-11(6-10)14-8-13-7-12(14)9-15(13)2;1-2/h3-6,8,12-13H,7,9H2,1-2H3;1-2H3. The van der Waals surface area contributed by atoms with Gasteiger partial charge >= 0.3 is 0 Å². The van der Waals surface area contributed by atoms with Crippen LogP contribution < -0.4 is 0 Å². The third-order valence-electron chi connectivity index (χ3n) is 3.76. The SMILES string of the molecule is CC.Cc1cccc(C2=CC3CC2CN3C)c1. The molecular formula is C16H23N. The summed E-state index contributed by atoms with van der Waals surface area (Å²) in [6.07, 6.45) is 3.79. The minimum Gasteiger partial charge on any atom is -0.299 e. The first-order chi connectivity index (χ1) is 8.24. The molecule has 2 atom stereocenters. The molecule has 0 saturated carbocycles. The Labute approximate surface area is 105 Å². The fourth-order valence-electron chi connectivity index (χ4n) is 2.95. The Balaban J connectivity index is 0.000000514. The van der Waals surface area contributed by atoms with Gasteiger partial charge in [-0.25, -0.2) is 0 Å². The van der Waals surface area contributed by atoms with Gasteiger partial charge < -0.3 is 0 Å². The van der Waals surface area contributed by atoms with Gasteiger partial charge in [-0.3, -0.25) is 4.90 Å². The van der Waals surface area contributed by atoms with E-state index >= 15 is 0 Å². The van der Waals surface area contributed by atoms with Crippen LogP contribution in [0.3, 0.4) is 0 Å². The number of rotatable bonds is 1. The zero-order chi connectivity index (χ0) is 12.4. The summed E-state index contributed by atoms with van der Waals surface area (Å²) in [7, 11) is 2.23. The van der Waals surface area contributed by atoms with E-state index in [2.05, 4.69) is 49.2 Å². The Hall–Kier alpha value is -1.08. The molecule has 1 heterocycles. The lowest BCUT2D eigenvalue weighted by Gasteiger charge is -2.21. The van der Waals surface area contributed by atoms with Crippen LogP contribution in [0.4, 0.5) is 0 Å². The van der Waals surface area contributed by atoms with E-state index in [1.807, 2.05) is 13.8 Å². The average molecular weight is 229 g/mol. The highest BCUT2D eigenvalue weighted by atomic mass is 15.2. The van der Waals surface area contributed by atoms with Crippen LogP contribution >= 0.6 is 0 Å². The molecule has 0 spiro atoms. The number of fused-ring (bicyclic) bond motifs is 2. The van der Waals surface area contributed by atoms with Crippen LogP contribution in [0.15, 0.2) is 30.3 Å². The van der Waals surface area contributed by atoms with Crippen molar-refractivity contribution in [2.45, 2.75) is 33.2 Å². The summed E-state index contributed by atoms with van der Waals surface area (Å²) in [4.78, 5) is 2.46. The van der Waals surface area contributed by atoms with Crippen molar-refractivity contribution < 1.29 is 0 Å². The maximum Gasteiger partial charge on any atom is 0.0287 e. The number of likely N-dealkylation sites (tertiary alicyclic amines) is 1. The van der Waals surface area contributed by atoms with Crippen molar-refractivity contribution in [2.24, 2.45) is 5.92 Å². The number of benzene rings is 1. The van der Waals surface area contributed by atoms with E-state index in [1.165, 1.54) is 24.1 Å². The summed E-state index contributed by atoms with van der Waals surface area (Å²) < 4.78 is 0. The Kier molecular flexibility index (Phi) is 3.68. The van der Waals surface area contributed by atoms with E-state index in [9.17, 15) is 0 Å². The van der Waals surface area contributed by atoms with Crippen molar-refractivity contribution >= 4 is 5.57 Å². The summed E-state index contributed by atoms with van der Waals surface area (Å²) in [5.41, 5.74) is 4.39. The zero-order valence-corrected chi connectivity index (χ0v) is 11.4. The molecule has 1 heteroatoms. The summed E-state index contributed by atoms with van der Waals surface area (Å²) in [6, 6.07) is 9.60. The van der Waals surface area contributed by atoms with Gasteiger partial charge in [0.2, 0.25) is 0 Å². The normalized spacial score (nSPS) is 26.5. The summed E-state index contributed by atoms with van der Waals surface area (Å²) in [6.45, 7) is 7.41. The summed E-state index contributed by atoms with van der Waals surface area (Å²) >= 11 is 0. The Morgan fingerprint density at radius 2 is 2.00 bits per heavy atom. The lowest BCUT2D eigenvalue weighted by Crippen LogP contribution is -2.25. The molecule has 92 valence electrons. The third-order valence-corrected chi connectivity index (χ3v) is 3.76. The molecular weight excluding hydrogens is 206 g/mol. The molecule has 2 bridgehead atoms. The molecule has 2 aliphatic rings. The number of hydrogen-bond acceptors (Lipinski definition) is 1. The van der Waals surface area contributed by atoms with E-state index in [0.717, 1.165) is 5.92 Å². The minimum atomic E-state index is 0.700. The van der Waals surface area contributed by atoms with Crippen LogP contribution in [0.1, 0.15) is 31.4 Å². The fraction of sp³-hybridized carbons (Fsp3) is 0.500. The molecule has 0 aromatic heterocycles. The number of nitrogens with zero attached hydrogens (tertiary/aromatic N) is 1. The highest BCUT2D eigenvalue weighted by molar-refractivity contribution is 5.72. The fourth-order valence-corrected chi connectivity index (χ4v) is 2.95. The van der Waals surface area contributed by atoms with Gasteiger partial charge in [-0.15, -0.1) is 0 Å². The zero-order valence-electron chi connectivity index (χ0n) is 11.4. The molecule has 2 unspecified atom stereocenters. The maximum atomic E-state index is 2.46. The molecule has 1 nitrogen and oxygen atoms in total. The lowest BCUT2D eigenvalue weighted by molar-refractivity contribution is 0.347. The predicted octanol–water partition coefficient (Wildman–Crippen LogP) is 3.74. The molecule has 1 fully saturated rings. The van der Waals surface area contributed by atoms with Crippen LogP contribution in [0.5, 0.6) is 0 Å². The first kappa shape index (κ1) is 12.4. The van der Waals surface area contributed by atoms with Crippen molar-refractivity contribution in [1.82, 2.24) is 4.90 Å². The molecule has 1 aliphatic heterocycles. The second-order valence-electron chi connectivity index (χ2n) is 4.93. The summed E-state index contributed by atoms with van der Waals surface area (Å²) in [5, 5.41) is 0. The molecule has 17 heavy (non-hydrogen) atoms. The molecule has 1 saturated heterocycles. The van der Waals surface area contributed by atoms with E-state index in [-0.39, 0.29) is 0 Å². The van der Waals surface area contributed by atoms with Gasteiger partial charge in [0.25, 0.3) is 0 Å². The Morgan fingerprint density at radius 1 is 1.24 bits per heavy atom. The quantitative estimate of drug-likeness (QED) is 0.709. The highest BCUT2D eigenvalue weighted by Gasteiger charge is 2.36. The molecule has 0 radical (unpaired) electrons. The van der Waals surface area contributed by atoms with Crippen molar-refractivity contribution in [2.75, 3.05) is 13.6 Å². The van der Waals surface area contributed by atoms with Crippen molar-refractivity contribution in [3.8, 4) is 0 Å². The van der Waals surface area contributed by atoms with Crippen LogP contribution in [0.2, 0.25) is 0 Å². The largest absolute Gasteiger partial charge is 0.299 e. The number of likely N-dealkylation sites (N-methyl/N-ethyl adjacent to an activating group) is 1. The van der Waals surface area contributed by atoms with Gasteiger partial charge in [0.05, 0.1) is 0 Å². The second kappa shape index (κ2) is 5.05. The van der Waals surface area contributed by atoms with Crippen LogP contribution in [0, 0.1) is 12.8 Å². The first-order valence-electron chi connectivity index (χ1n) is 6.73. The van der Waals surface area contributed by atoms with Crippen molar-refractivity contribution in [1.29, 1.82) is 0 Å². The van der Waals surface area contributed by atoms with Crippen molar-refractivity contribution in [3.63, 3.8) is 0 Å². The van der Waals surface area contributed by atoms with Gasteiger partial charge in [-0.2, -0.15) is 0 Å². The van der Waals surface area contributed by atoms with E-state index in [0.29, 0.717) is 6.04 Å². The van der Waals surface area contributed by atoms with Crippen LogP contribution in [-0.4, -0.2) is 24.5 Å². The monoisotopic (exact) mass is 229 g/mol. The average Bonchev–Trinajstić information content (AvgIpc) is 2.90. The molecule has 1 aromatic carbocycles. The molecule has 0 N–H and O–H groups in total. The minimum absolute atomic E-state index is 0.700. The molecule has 0 amide bonds. The van der Waals surface area contributed by atoms with E-state index in [4.69, 9.17) is 0 Å². The topological polar surface area (TPSA) is 3.24 Å². The maximum absolute atomic E-state index is 2.46. The number of aryl methyl sites for hydroxylation is 1. The lowest BCUT2D eigenvalue weighted by atomic mass is 9.94.